The Balaban J connectivity index is 3.62. The Morgan fingerprint density at radius 1 is 1.22 bits per heavy atom. The van der Waals surface area contributed by atoms with E-state index in [2.05, 4.69) is 10.6 Å². The molecule has 3 N–H and O–H groups in total. The van der Waals surface area contributed by atoms with Crippen molar-refractivity contribution in [2.24, 2.45) is 0 Å². The summed E-state index contributed by atoms with van der Waals surface area (Å²) >= 11 is 5.46. The summed E-state index contributed by atoms with van der Waals surface area (Å²) in [5.41, 5.74) is 0. The summed E-state index contributed by atoms with van der Waals surface area (Å²) in [6.07, 6.45) is 0.127. The molecule has 0 spiro atoms. The third kappa shape index (κ3) is 8.77. The zero-order chi connectivity index (χ0) is 14.0. The Morgan fingerprint density at radius 3 is 2.44 bits per heavy atom. The highest BCUT2D eigenvalue weighted by atomic mass is 35.5. The highest BCUT2D eigenvalue weighted by molar-refractivity contribution is 6.31. The van der Waals surface area contributed by atoms with E-state index in [1.165, 1.54) is 14.0 Å². The lowest BCUT2D eigenvalue weighted by atomic mass is 10.4. The average molecular weight is 280 g/mol. The van der Waals surface area contributed by atoms with Crippen molar-refractivity contribution < 1.29 is 19.1 Å². The van der Waals surface area contributed by atoms with Crippen molar-refractivity contribution in [3.8, 4) is 0 Å². The summed E-state index contributed by atoms with van der Waals surface area (Å²) in [6.45, 7) is 2.44. The Labute approximate surface area is 111 Å². The predicted octanol–water partition coefficient (Wildman–Crippen LogP) is -0.408. The number of hydrogen-bond donors (Lipinski definition) is 3. The highest BCUT2D eigenvalue weighted by Gasteiger charge is 2.12. The van der Waals surface area contributed by atoms with E-state index < -0.39 is 17.3 Å². The van der Waals surface area contributed by atoms with Crippen LogP contribution in [-0.4, -0.2) is 50.0 Å². The van der Waals surface area contributed by atoms with Crippen molar-refractivity contribution >= 4 is 29.4 Å². The molecule has 1 unspecified atom stereocenters. The van der Waals surface area contributed by atoms with Crippen molar-refractivity contribution in [1.29, 1.82) is 0 Å². The molecule has 0 rings (SSSR count). The second-order valence-electron chi connectivity index (χ2n) is 3.45. The fraction of sp³-hybridized carbons (Fsp3) is 0.700. The summed E-state index contributed by atoms with van der Waals surface area (Å²) in [5.74, 6) is -0.789. The highest BCUT2D eigenvalue weighted by Crippen LogP contribution is 1.91. The van der Waals surface area contributed by atoms with Crippen molar-refractivity contribution in [3.63, 3.8) is 0 Å². The lowest BCUT2D eigenvalue weighted by Gasteiger charge is -2.08. The molecule has 1 atom stereocenters. The van der Waals surface area contributed by atoms with E-state index in [9.17, 15) is 14.4 Å². The van der Waals surface area contributed by atoms with Crippen LogP contribution in [-0.2, 0) is 14.3 Å². The number of imide groups is 1. The van der Waals surface area contributed by atoms with E-state index in [0.29, 0.717) is 13.2 Å². The van der Waals surface area contributed by atoms with Gasteiger partial charge in [0.25, 0.3) is 0 Å². The van der Waals surface area contributed by atoms with E-state index >= 15 is 0 Å². The van der Waals surface area contributed by atoms with Crippen LogP contribution in [0.1, 0.15) is 13.3 Å². The van der Waals surface area contributed by atoms with Gasteiger partial charge in [-0.3, -0.25) is 14.9 Å². The number of alkyl halides is 1. The van der Waals surface area contributed by atoms with Crippen molar-refractivity contribution in [3.05, 3.63) is 0 Å². The molecule has 0 fully saturated rings. The SMILES string of the molecule is COCCNC(=O)CCNC(=O)NC(=O)C(C)Cl. The Kier molecular flexibility index (Phi) is 8.95. The lowest BCUT2D eigenvalue weighted by molar-refractivity contribution is -0.121. The third-order valence-corrected chi connectivity index (χ3v) is 2.06. The number of methoxy groups -OCH3 is 1. The summed E-state index contributed by atoms with van der Waals surface area (Å²) in [4.78, 5) is 33.4. The van der Waals surface area contributed by atoms with Gasteiger partial charge in [-0.05, 0) is 6.92 Å². The molecule has 7 nitrogen and oxygen atoms in total. The van der Waals surface area contributed by atoms with Gasteiger partial charge < -0.3 is 15.4 Å². The first-order valence-corrected chi connectivity index (χ1v) is 5.89. The Morgan fingerprint density at radius 2 is 1.89 bits per heavy atom. The van der Waals surface area contributed by atoms with Gasteiger partial charge in [-0.25, -0.2) is 4.79 Å². The average Bonchev–Trinajstić information content (AvgIpc) is 2.29. The largest absolute Gasteiger partial charge is 0.383 e. The Hall–Kier alpha value is -1.34. The predicted molar refractivity (Wildman–Crippen MR) is 66.4 cm³/mol. The number of nitrogens with one attached hydrogen (secondary N) is 3. The van der Waals surface area contributed by atoms with Gasteiger partial charge in [-0.15, -0.1) is 11.6 Å². The fourth-order valence-corrected chi connectivity index (χ4v) is 0.981. The normalized spacial score (nSPS) is 11.5. The number of carbonyl (C=O) groups is 3. The maximum atomic E-state index is 11.2. The molecule has 0 radical (unpaired) electrons. The number of amides is 4. The summed E-state index contributed by atoms with van der Waals surface area (Å²) in [7, 11) is 1.53. The lowest BCUT2D eigenvalue weighted by Crippen LogP contribution is -2.43. The van der Waals surface area contributed by atoms with Gasteiger partial charge in [0.15, 0.2) is 0 Å². The molecule has 4 amide bonds. The second-order valence-corrected chi connectivity index (χ2v) is 4.11. The maximum absolute atomic E-state index is 11.2. The van der Waals surface area contributed by atoms with Crippen molar-refractivity contribution in [2.45, 2.75) is 18.7 Å². The van der Waals surface area contributed by atoms with Gasteiger partial charge in [0.2, 0.25) is 11.8 Å². The van der Waals surface area contributed by atoms with Gasteiger partial charge in [0.05, 0.1) is 6.61 Å². The van der Waals surface area contributed by atoms with E-state index in [1.54, 1.807) is 0 Å². The molecule has 0 aliphatic carbocycles. The van der Waals surface area contributed by atoms with E-state index in [-0.39, 0.29) is 18.9 Å². The van der Waals surface area contributed by atoms with Crippen LogP contribution in [0.2, 0.25) is 0 Å². The smallest absolute Gasteiger partial charge is 0.321 e. The van der Waals surface area contributed by atoms with Gasteiger partial charge >= 0.3 is 6.03 Å². The van der Waals surface area contributed by atoms with Gasteiger partial charge in [-0.2, -0.15) is 0 Å². The summed E-state index contributed by atoms with van der Waals surface area (Å²) < 4.78 is 4.76. The van der Waals surface area contributed by atoms with Crippen LogP contribution in [0.4, 0.5) is 4.79 Å². The van der Waals surface area contributed by atoms with Gasteiger partial charge in [0.1, 0.15) is 5.38 Å². The summed E-state index contributed by atoms with van der Waals surface area (Å²) in [5, 5.41) is 6.21. The molecular weight excluding hydrogens is 262 g/mol. The van der Waals surface area contributed by atoms with Gasteiger partial charge in [-0.1, -0.05) is 0 Å². The molecule has 0 saturated carbocycles. The minimum absolute atomic E-state index is 0.127. The minimum atomic E-state index is -0.784. The van der Waals surface area contributed by atoms with Crippen LogP contribution in [0.15, 0.2) is 0 Å². The molecule has 0 aliphatic rings. The topological polar surface area (TPSA) is 96.5 Å². The first kappa shape index (κ1) is 16.7. The molecule has 0 saturated heterocycles. The molecule has 0 aromatic carbocycles. The molecule has 0 aliphatic heterocycles. The molecule has 104 valence electrons. The first-order valence-electron chi connectivity index (χ1n) is 5.45. The van der Waals surface area contributed by atoms with Crippen molar-refractivity contribution in [2.75, 3.05) is 26.8 Å². The molecule has 0 heterocycles. The zero-order valence-corrected chi connectivity index (χ0v) is 11.2. The van der Waals surface area contributed by atoms with Crippen LogP contribution < -0.4 is 16.0 Å². The fourth-order valence-electron chi connectivity index (χ4n) is 0.926. The number of carbonyl (C=O) groups excluding carboxylic acids is 3. The molecule has 8 heteroatoms. The number of ether oxygens (including phenoxy) is 1. The monoisotopic (exact) mass is 279 g/mol. The van der Waals surface area contributed by atoms with Crippen LogP contribution in [0.3, 0.4) is 0 Å². The second kappa shape index (κ2) is 9.67. The van der Waals surface area contributed by atoms with Crippen LogP contribution in [0, 0.1) is 0 Å². The van der Waals surface area contributed by atoms with Crippen molar-refractivity contribution in [1.82, 2.24) is 16.0 Å². The number of hydrogen-bond acceptors (Lipinski definition) is 4. The van der Waals surface area contributed by atoms with E-state index in [0.717, 1.165) is 0 Å². The van der Waals surface area contributed by atoms with Crippen LogP contribution >= 0.6 is 11.6 Å². The van der Waals surface area contributed by atoms with Crippen LogP contribution in [0.25, 0.3) is 0 Å². The molecule has 18 heavy (non-hydrogen) atoms. The molecule has 0 bridgehead atoms. The Bertz CT molecular complexity index is 297. The van der Waals surface area contributed by atoms with E-state index in [1.807, 2.05) is 5.32 Å². The summed E-state index contributed by atoms with van der Waals surface area (Å²) in [6, 6.07) is -0.669. The van der Waals surface area contributed by atoms with E-state index in [4.69, 9.17) is 16.3 Å². The molecule has 0 aromatic heterocycles. The minimum Gasteiger partial charge on any atom is -0.383 e. The number of halogens is 1. The van der Waals surface area contributed by atoms with Gasteiger partial charge in [0, 0.05) is 26.6 Å². The number of rotatable bonds is 7. The van der Waals surface area contributed by atoms with Crippen LogP contribution in [0.5, 0.6) is 0 Å². The molecular formula is C10H18ClN3O4. The standard InChI is InChI=1S/C10H18ClN3O4/c1-7(11)9(16)14-10(17)13-4-3-8(15)12-5-6-18-2/h7H,3-6H2,1-2H3,(H,12,15)(H2,13,14,16,17). The first-order chi connectivity index (χ1) is 8.47. The maximum Gasteiger partial charge on any atom is 0.321 e. The third-order valence-electron chi connectivity index (χ3n) is 1.86. The molecule has 0 aromatic rings. The number of urea groups is 1. The quantitative estimate of drug-likeness (QED) is 0.436. The zero-order valence-electron chi connectivity index (χ0n) is 10.4.